The van der Waals surface area contributed by atoms with Gasteiger partial charge in [-0.05, 0) is 37.8 Å². The zero-order valence-electron chi connectivity index (χ0n) is 25.7. The third-order valence-corrected chi connectivity index (χ3v) is 9.60. The summed E-state index contributed by atoms with van der Waals surface area (Å²) in [6.45, 7) is 0. The zero-order valence-corrected chi connectivity index (χ0v) is 25.7. The fourth-order valence-electron chi connectivity index (χ4n) is 7.01. The van der Waals surface area contributed by atoms with Crippen LogP contribution in [0.2, 0.25) is 0 Å². The average molecular weight is 673 g/mol. The molecule has 16 heteroatoms. The van der Waals surface area contributed by atoms with E-state index in [2.05, 4.69) is 0 Å². The van der Waals surface area contributed by atoms with Crippen molar-refractivity contribution in [3.63, 3.8) is 0 Å². The molecule has 3 aliphatic carbocycles. The van der Waals surface area contributed by atoms with Gasteiger partial charge in [-0.3, -0.25) is 0 Å². The highest BCUT2D eigenvalue weighted by molar-refractivity contribution is 6.17. The number of carbonyl (C=O) groups is 6. The van der Waals surface area contributed by atoms with Gasteiger partial charge in [0.25, 0.3) is 35.0 Å². The summed E-state index contributed by atoms with van der Waals surface area (Å²) in [5, 5.41) is 21.3. The Balaban J connectivity index is 1.02. The summed E-state index contributed by atoms with van der Waals surface area (Å²) < 4.78 is 43.7. The average Bonchev–Trinajstić information content (AvgIpc) is 3.01. The molecule has 5 fully saturated rings. The van der Waals surface area contributed by atoms with Crippen molar-refractivity contribution in [1.82, 2.24) is 0 Å². The van der Waals surface area contributed by atoms with E-state index in [0.29, 0.717) is 51.4 Å². The van der Waals surface area contributed by atoms with Crippen LogP contribution in [0.1, 0.15) is 89.9 Å². The molecule has 0 aromatic rings. The number of hydrogen-bond donors (Lipinski definition) is 2. The molecule has 0 amide bonds. The molecular weight excluding hydrogens is 640 g/mol. The summed E-state index contributed by atoms with van der Waals surface area (Å²) in [5.74, 6) is -14.3. The number of aliphatic hydroxyl groups excluding tert-OH is 2. The van der Waals surface area contributed by atoms with Gasteiger partial charge in [0.05, 0.1) is 0 Å². The van der Waals surface area contributed by atoms with Crippen molar-refractivity contribution >= 4 is 35.8 Å². The summed E-state index contributed by atoms with van der Waals surface area (Å²) in [7, 11) is 0. The van der Waals surface area contributed by atoms with E-state index in [0.717, 1.165) is 25.0 Å². The first-order valence-corrected chi connectivity index (χ1v) is 15.9. The first-order chi connectivity index (χ1) is 22.8. The molecule has 256 valence electrons. The summed E-state index contributed by atoms with van der Waals surface area (Å²) in [4.78, 5) is 76.8. The van der Waals surface area contributed by atoms with Gasteiger partial charge in [-0.15, -0.1) is 0 Å². The number of ether oxygens (including phenoxy) is 8. The lowest BCUT2D eigenvalue weighted by molar-refractivity contribution is -0.302. The molecule has 0 aromatic carbocycles. The molecule has 0 unspecified atom stereocenters. The lowest BCUT2D eigenvalue weighted by Gasteiger charge is -2.46. The summed E-state index contributed by atoms with van der Waals surface area (Å²) in [6, 6.07) is 0. The highest BCUT2D eigenvalue weighted by Crippen LogP contribution is 2.47. The maximum atomic E-state index is 13.0. The van der Waals surface area contributed by atoms with Crippen molar-refractivity contribution in [3.8, 4) is 0 Å². The molecule has 3 saturated carbocycles. The Labute approximate surface area is 272 Å². The second-order valence-electron chi connectivity index (χ2n) is 12.9. The van der Waals surface area contributed by atoms with Crippen LogP contribution in [0, 0.1) is 0 Å². The topological polar surface area (TPSA) is 217 Å². The van der Waals surface area contributed by atoms with Crippen LogP contribution in [0.3, 0.4) is 0 Å². The smallest absolute Gasteiger partial charge is 0.348 e. The quantitative estimate of drug-likeness (QED) is 0.186. The van der Waals surface area contributed by atoms with Crippen LogP contribution < -0.4 is 0 Å². The van der Waals surface area contributed by atoms with Gasteiger partial charge >= 0.3 is 35.8 Å². The van der Waals surface area contributed by atoms with E-state index in [-0.39, 0.29) is 25.7 Å². The Bertz CT molecular complexity index is 1460. The van der Waals surface area contributed by atoms with Gasteiger partial charge in [0, 0.05) is 51.4 Å². The van der Waals surface area contributed by atoms with Crippen molar-refractivity contribution in [2.24, 2.45) is 0 Å². The monoisotopic (exact) mass is 672 g/mol. The van der Waals surface area contributed by atoms with E-state index in [1.165, 1.54) is 0 Å². The lowest BCUT2D eigenvalue weighted by atomic mass is 9.87. The fraction of sp³-hybridized carbons (Fsp3) is 0.562. The molecular formula is C32H32O16. The Morgan fingerprint density at radius 1 is 0.375 bits per heavy atom. The summed E-state index contributed by atoms with van der Waals surface area (Å²) in [6.07, 6.45) is 6.87. The number of rotatable bonds is 2. The van der Waals surface area contributed by atoms with Crippen LogP contribution in [-0.2, 0) is 66.7 Å². The molecule has 7 rings (SSSR count). The van der Waals surface area contributed by atoms with Gasteiger partial charge in [0.2, 0.25) is 0 Å². The molecule has 0 radical (unpaired) electrons. The number of esters is 6. The SMILES string of the molecule is O=C1OC2(CCCCC2)OC(=O)C1=CC1=C(O)OC2(CCC3(CC2)OC(=O)C(C=C2C(=O)OC4(CCCCC4)OC2=O)=C(O)O3)OC1=O. The molecule has 48 heavy (non-hydrogen) atoms. The van der Waals surface area contributed by atoms with Gasteiger partial charge in [-0.25, -0.2) is 28.8 Å². The Kier molecular flexibility index (Phi) is 7.43. The second kappa shape index (κ2) is 11.3. The Morgan fingerprint density at radius 2 is 0.646 bits per heavy atom. The zero-order chi connectivity index (χ0) is 33.9. The highest BCUT2D eigenvalue weighted by Gasteiger charge is 2.56. The van der Waals surface area contributed by atoms with Crippen LogP contribution in [0.15, 0.2) is 46.3 Å². The third-order valence-electron chi connectivity index (χ3n) is 9.60. The minimum Gasteiger partial charge on any atom is -0.480 e. The number of hydrogen-bond acceptors (Lipinski definition) is 16. The largest absolute Gasteiger partial charge is 0.480 e. The molecule has 4 spiro atoms. The highest BCUT2D eigenvalue weighted by atomic mass is 16.8. The van der Waals surface area contributed by atoms with E-state index < -0.39 is 93.1 Å². The predicted octanol–water partition coefficient (Wildman–Crippen LogP) is 3.01. The standard InChI is InChI=1S/C32H32O16/c33-21-17(22(34)42-29(41-21)7-3-1-4-8-29)15-19-25(37)45-31(46-26(19)38)11-13-32(14-12-31)47-27(39)20(28(40)48-32)16-18-23(35)43-30(44-24(18)36)9-5-2-6-10-30/h15-16,37,39H,1-14H2. The van der Waals surface area contributed by atoms with Crippen molar-refractivity contribution in [1.29, 1.82) is 0 Å². The number of carbonyl (C=O) groups excluding carboxylic acids is 6. The maximum absolute atomic E-state index is 13.0. The van der Waals surface area contributed by atoms with Crippen LogP contribution in [0.5, 0.6) is 0 Å². The van der Waals surface area contributed by atoms with E-state index in [1.807, 2.05) is 0 Å². The number of aliphatic hydroxyl groups is 2. The molecule has 7 aliphatic rings. The van der Waals surface area contributed by atoms with Crippen LogP contribution in [0.4, 0.5) is 0 Å². The first-order valence-electron chi connectivity index (χ1n) is 15.9. The van der Waals surface area contributed by atoms with E-state index in [4.69, 9.17) is 37.9 Å². The Morgan fingerprint density at radius 3 is 0.938 bits per heavy atom. The van der Waals surface area contributed by atoms with Crippen LogP contribution in [0.25, 0.3) is 0 Å². The maximum Gasteiger partial charge on any atom is 0.348 e. The molecule has 2 N–H and O–H groups in total. The first kappa shape index (κ1) is 31.6. The summed E-state index contributed by atoms with van der Waals surface area (Å²) in [5.41, 5.74) is -2.47. The molecule has 0 atom stereocenters. The van der Waals surface area contributed by atoms with E-state index >= 15 is 0 Å². The second-order valence-corrected chi connectivity index (χ2v) is 12.9. The molecule has 4 heterocycles. The van der Waals surface area contributed by atoms with Gasteiger partial charge < -0.3 is 48.1 Å². The van der Waals surface area contributed by atoms with Crippen LogP contribution >= 0.6 is 0 Å². The van der Waals surface area contributed by atoms with Gasteiger partial charge in [0.1, 0.15) is 22.3 Å². The van der Waals surface area contributed by atoms with Crippen molar-refractivity contribution < 1.29 is 76.9 Å². The lowest BCUT2D eigenvalue weighted by Crippen LogP contribution is -2.53. The molecule has 0 bridgehead atoms. The predicted molar refractivity (Wildman–Crippen MR) is 150 cm³/mol. The van der Waals surface area contributed by atoms with Gasteiger partial charge in [-0.1, -0.05) is 12.8 Å². The van der Waals surface area contributed by atoms with Crippen LogP contribution in [-0.4, -0.2) is 69.2 Å². The van der Waals surface area contributed by atoms with Gasteiger partial charge in [0.15, 0.2) is 0 Å². The van der Waals surface area contributed by atoms with Crippen molar-refractivity contribution in [2.75, 3.05) is 0 Å². The fourth-order valence-corrected chi connectivity index (χ4v) is 7.01. The molecule has 0 aromatic heterocycles. The molecule has 16 nitrogen and oxygen atoms in total. The van der Waals surface area contributed by atoms with Crippen molar-refractivity contribution in [2.45, 2.75) is 113 Å². The van der Waals surface area contributed by atoms with E-state index in [1.54, 1.807) is 0 Å². The Hall–Kier alpha value is -5.02. The third kappa shape index (κ3) is 5.52. The molecule has 4 aliphatic heterocycles. The minimum atomic E-state index is -1.74. The minimum absolute atomic E-state index is 0.197. The normalized spacial score (nSPS) is 27.3. The van der Waals surface area contributed by atoms with Gasteiger partial charge in [-0.2, -0.15) is 0 Å². The molecule has 2 saturated heterocycles. The summed E-state index contributed by atoms with van der Waals surface area (Å²) >= 11 is 0. The van der Waals surface area contributed by atoms with E-state index in [9.17, 15) is 39.0 Å². The van der Waals surface area contributed by atoms with Crippen molar-refractivity contribution in [3.05, 3.63) is 46.3 Å².